The summed E-state index contributed by atoms with van der Waals surface area (Å²) < 4.78 is 1.99. The average molecular weight is 326 g/mol. The Labute approximate surface area is 119 Å². The summed E-state index contributed by atoms with van der Waals surface area (Å²) in [6, 6.07) is 1.87. The lowest BCUT2D eigenvalue weighted by molar-refractivity contribution is 0.541. The third-order valence-electron chi connectivity index (χ3n) is 2.74. The van der Waals surface area contributed by atoms with Crippen LogP contribution in [-0.4, -0.2) is 20.0 Å². The normalized spacial score (nSPS) is 10.6. The van der Waals surface area contributed by atoms with Crippen LogP contribution >= 0.6 is 15.9 Å². The van der Waals surface area contributed by atoms with Crippen LogP contribution in [-0.2, 0) is 13.1 Å². The number of nitrogens with one attached hydrogen (secondary N) is 2. The van der Waals surface area contributed by atoms with E-state index in [1.54, 1.807) is 12.4 Å². The van der Waals surface area contributed by atoms with E-state index in [-0.39, 0.29) is 5.56 Å². The fraction of sp³-hybridized carbons (Fsp3) is 0.417. The van der Waals surface area contributed by atoms with Gasteiger partial charge < -0.3 is 5.32 Å². The minimum absolute atomic E-state index is 0.108. The van der Waals surface area contributed by atoms with Crippen LogP contribution < -0.4 is 10.9 Å². The Kier molecular flexibility index (Phi) is 4.73. The smallest absolute Gasteiger partial charge is 0.283 e. The van der Waals surface area contributed by atoms with Crippen molar-refractivity contribution in [3.8, 4) is 0 Å². The summed E-state index contributed by atoms with van der Waals surface area (Å²) in [6.07, 6.45) is 5.33. The SMILES string of the molecule is CCCCn1ncc(NCc2ccn[nH]2)c(Br)c1=O. The number of hydrogen-bond acceptors (Lipinski definition) is 4. The number of unbranched alkanes of at least 4 members (excludes halogenated alkanes) is 1. The zero-order valence-corrected chi connectivity index (χ0v) is 12.3. The zero-order valence-electron chi connectivity index (χ0n) is 10.7. The van der Waals surface area contributed by atoms with E-state index in [0.717, 1.165) is 18.5 Å². The number of aromatic amines is 1. The Bertz CT molecular complexity index is 578. The minimum Gasteiger partial charge on any atom is -0.377 e. The molecule has 2 heterocycles. The molecule has 2 rings (SSSR count). The van der Waals surface area contributed by atoms with Crippen molar-refractivity contribution in [3.63, 3.8) is 0 Å². The van der Waals surface area contributed by atoms with Gasteiger partial charge >= 0.3 is 0 Å². The van der Waals surface area contributed by atoms with Crippen LogP contribution in [0.2, 0.25) is 0 Å². The van der Waals surface area contributed by atoms with Gasteiger partial charge in [-0.3, -0.25) is 9.89 Å². The number of H-pyrrole nitrogens is 1. The summed E-state index contributed by atoms with van der Waals surface area (Å²) in [5.74, 6) is 0. The van der Waals surface area contributed by atoms with E-state index in [1.165, 1.54) is 4.68 Å². The molecule has 2 aromatic heterocycles. The first kappa shape index (κ1) is 13.8. The van der Waals surface area contributed by atoms with Crippen LogP contribution in [0.1, 0.15) is 25.5 Å². The lowest BCUT2D eigenvalue weighted by Gasteiger charge is -2.09. The van der Waals surface area contributed by atoms with E-state index < -0.39 is 0 Å². The van der Waals surface area contributed by atoms with E-state index in [2.05, 4.69) is 43.5 Å². The molecule has 0 amide bonds. The van der Waals surface area contributed by atoms with Crippen LogP contribution in [0.5, 0.6) is 0 Å². The standard InChI is InChI=1S/C12H16BrN5O/c1-2-3-6-18-12(19)11(13)10(8-16-18)14-7-9-4-5-15-17-9/h4-5,8,14H,2-3,6-7H2,1H3,(H,15,17). The molecule has 2 aromatic rings. The molecular weight excluding hydrogens is 310 g/mol. The summed E-state index contributed by atoms with van der Waals surface area (Å²) in [4.78, 5) is 12.1. The second kappa shape index (κ2) is 6.51. The van der Waals surface area contributed by atoms with Gasteiger partial charge in [0.15, 0.2) is 0 Å². The lowest BCUT2D eigenvalue weighted by atomic mass is 10.3. The summed E-state index contributed by atoms with van der Waals surface area (Å²) in [5.41, 5.74) is 1.53. The molecule has 0 aliphatic rings. The molecule has 0 spiro atoms. The van der Waals surface area contributed by atoms with Crippen molar-refractivity contribution in [1.29, 1.82) is 0 Å². The first-order chi connectivity index (χ1) is 9.22. The van der Waals surface area contributed by atoms with Gasteiger partial charge in [0, 0.05) is 12.7 Å². The third kappa shape index (κ3) is 3.44. The molecule has 0 aliphatic heterocycles. The summed E-state index contributed by atoms with van der Waals surface area (Å²) in [6.45, 7) is 3.30. The number of anilines is 1. The molecule has 0 aliphatic carbocycles. The molecule has 0 fully saturated rings. The molecule has 0 radical (unpaired) electrons. The van der Waals surface area contributed by atoms with Crippen molar-refractivity contribution in [2.45, 2.75) is 32.9 Å². The molecule has 0 saturated heterocycles. The number of hydrogen-bond donors (Lipinski definition) is 2. The topological polar surface area (TPSA) is 75.6 Å². The number of halogens is 1. The van der Waals surface area contributed by atoms with Gasteiger partial charge in [0.1, 0.15) is 4.47 Å². The van der Waals surface area contributed by atoms with E-state index in [1.807, 2.05) is 6.07 Å². The molecule has 0 bridgehead atoms. The Balaban J connectivity index is 2.09. The van der Waals surface area contributed by atoms with Crippen LogP contribution in [0.25, 0.3) is 0 Å². The quantitative estimate of drug-likeness (QED) is 0.853. The highest BCUT2D eigenvalue weighted by Gasteiger charge is 2.08. The number of nitrogens with zero attached hydrogens (tertiary/aromatic N) is 3. The maximum Gasteiger partial charge on any atom is 0.283 e. The predicted octanol–water partition coefficient (Wildman–Crippen LogP) is 2.14. The van der Waals surface area contributed by atoms with Gasteiger partial charge in [-0.15, -0.1) is 0 Å². The number of rotatable bonds is 6. The summed E-state index contributed by atoms with van der Waals surface area (Å²) >= 11 is 3.33. The van der Waals surface area contributed by atoms with Crippen molar-refractivity contribution >= 4 is 21.6 Å². The van der Waals surface area contributed by atoms with Crippen LogP contribution in [0.15, 0.2) is 27.7 Å². The van der Waals surface area contributed by atoms with Gasteiger partial charge in [0.05, 0.1) is 24.1 Å². The molecular formula is C12H16BrN5O. The van der Waals surface area contributed by atoms with Crippen molar-refractivity contribution in [2.24, 2.45) is 0 Å². The Morgan fingerprint density at radius 2 is 2.37 bits per heavy atom. The molecule has 2 N–H and O–H groups in total. The Morgan fingerprint density at radius 1 is 1.53 bits per heavy atom. The Hall–Kier alpha value is -1.63. The maximum atomic E-state index is 12.1. The molecule has 102 valence electrons. The van der Waals surface area contributed by atoms with Crippen molar-refractivity contribution in [3.05, 3.63) is 39.0 Å². The molecule has 0 unspecified atom stereocenters. The van der Waals surface area contributed by atoms with Gasteiger partial charge in [0.25, 0.3) is 5.56 Å². The molecule has 0 saturated carbocycles. The third-order valence-corrected chi connectivity index (χ3v) is 3.50. The summed E-state index contributed by atoms with van der Waals surface area (Å²) in [7, 11) is 0. The molecule has 7 heteroatoms. The van der Waals surface area contributed by atoms with Gasteiger partial charge in [-0.25, -0.2) is 4.68 Å². The fourth-order valence-corrected chi connectivity index (χ4v) is 2.08. The van der Waals surface area contributed by atoms with E-state index >= 15 is 0 Å². The molecule has 0 atom stereocenters. The fourth-order valence-electron chi connectivity index (χ4n) is 1.63. The minimum atomic E-state index is -0.108. The highest BCUT2D eigenvalue weighted by molar-refractivity contribution is 9.10. The van der Waals surface area contributed by atoms with Crippen LogP contribution in [0.4, 0.5) is 5.69 Å². The van der Waals surface area contributed by atoms with Gasteiger partial charge in [-0.1, -0.05) is 13.3 Å². The van der Waals surface area contributed by atoms with Gasteiger partial charge in [0.2, 0.25) is 0 Å². The largest absolute Gasteiger partial charge is 0.377 e. The Morgan fingerprint density at radius 3 is 3.05 bits per heavy atom. The van der Waals surface area contributed by atoms with Crippen molar-refractivity contribution < 1.29 is 0 Å². The van der Waals surface area contributed by atoms with Gasteiger partial charge in [-0.2, -0.15) is 10.2 Å². The average Bonchev–Trinajstić information content (AvgIpc) is 2.92. The lowest BCUT2D eigenvalue weighted by Crippen LogP contribution is -2.24. The molecule has 19 heavy (non-hydrogen) atoms. The zero-order chi connectivity index (χ0) is 13.7. The van der Waals surface area contributed by atoms with E-state index in [4.69, 9.17) is 0 Å². The maximum absolute atomic E-state index is 12.1. The second-order valence-electron chi connectivity index (χ2n) is 4.19. The molecule has 6 nitrogen and oxygen atoms in total. The van der Waals surface area contributed by atoms with E-state index in [9.17, 15) is 4.79 Å². The first-order valence-corrected chi connectivity index (χ1v) is 6.99. The highest BCUT2D eigenvalue weighted by Crippen LogP contribution is 2.16. The predicted molar refractivity (Wildman–Crippen MR) is 77.0 cm³/mol. The van der Waals surface area contributed by atoms with Crippen LogP contribution in [0, 0.1) is 0 Å². The van der Waals surface area contributed by atoms with Crippen molar-refractivity contribution in [1.82, 2.24) is 20.0 Å². The van der Waals surface area contributed by atoms with E-state index in [0.29, 0.717) is 23.2 Å². The second-order valence-corrected chi connectivity index (χ2v) is 4.98. The first-order valence-electron chi connectivity index (χ1n) is 6.20. The van der Waals surface area contributed by atoms with Gasteiger partial charge in [-0.05, 0) is 28.4 Å². The number of aryl methyl sites for hydroxylation is 1. The summed E-state index contributed by atoms with van der Waals surface area (Å²) in [5, 5.41) is 14.0. The number of aromatic nitrogens is 4. The monoisotopic (exact) mass is 325 g/mol. The molecule has 0 aromatic carbocycles. The van der Waals surface area contributed by atoms with Crippen LogP contribution in [0.3, 0.4) is 0 Å². The highest BCUT2D eigenvalue weighted by atomic mass is 79.9. The van der Waals surface area contributed by atoms with Crippen molar-refractivity contribution in [2.75, 3.05) is 5.32 Å².